The number of carbonyl (C=O) groups excluding carboxylic acids is 1. The molecule has 0 unspecified atom stereocenters. The zero-order valence-electron chi connectivity index (χ0n) is 17.2. The third-order valence-corrected chi connectivity index (χ3v) is 4.97. The van der Waals surface area contributed by atoms with E-state index in [-0.39, 0.29) is 42.0 Å². The second-order valence-corrected chi connectivity index (χ2v) is 6.91. The van der Waals surface area contributed by atoms with E-state index in [4.69, 9.17) is 4.74 Å². The number of aliphatic hydroxyl groups excluding tert-OH is 1. The number of halogens is 2. The average molecular weight is 445 g/mol. The molecule has 3 aromatic rings. The van der Waals surface area contributed by atoms with Crippen molar-refractivity contribution >= 4 is 11.4 Å². The molecule has 10 heteroatoms. The number of allylic oxidation sites excluding steroid dienone is 1. The number of ether oxygens (including phenoxy) is 1. The predicted molar refractivity (Wildman–Crippen MR) is 113 cm³/mol. The first-order valence-corrected chi connectivity index (χ1v) is 9.62. The highest BCUT2D eigenvalue weighted by Gasteiger charge is 2.21. The van der Waals surface area contributed by atoms with Gasteiger partial charge in [0, 0.05) is 43.4 Å². The maximum absolute atomic E-state index is 13.8. The lowest BCUT2D eigenvalue weighted by atomic mass is 10.1. The number of nitrogens with one attached hydrogen (secondary N) is 1. The third-order valence-electron chi connectivity index (χ3n) is 4.97. The molecule has 32 heavy (non-hydrogen) atoms. The average Bonchev–Trinajstić information content (AvgIpc) is 2.77. The van der Waals surface area contributed by atoms with Crippen molar-refractivity contribution in [3.8, 4) is 5.75 Å². The number of amides is 1. The summed E-state index contributed by atoms with van der Waals surface area (Å²) in [6, 6.07) is 2.42. The number of nitrogens with zero attached hydrogens (tertiary/aromatic N) is 2. The first kappa shape index (κ1) is 22.9. The van der Waals surface area contributed by atoms with Crippen LogP contribution in [0.25, 0.3) is 5.52 Å². The number of fused-ring (bicyclic) bond motifs is 1. The van der Waals surface area contributed by atoms with E-state index in [1.165, 1.54) is 46.8 Å². The Morgan fingerprint density at radius 1 is 1.31 bits per heavy atom. The number of hydrogen-bond donors (Lipinski definition) is 2. The van der Waals surface area contributed by atoms with Gasteiger partial charge in [0.25, 0.3) is 11.5 Å². The molecule has 2 aromatic heterocycles. The number of benzene rings is 1. The number of hydrogen-bond acceptors (Lipinski definition) is 5. The number of aromatic nitrogens is 2. The molecule has 0 bridgehead atoms. The van der Waals surface area contributed by atoms with Crippen LogP contribution >= 0.6 is 0 Å². The van der Waals surface area contributed by atoms with E-state index in [0.717, 1.165) is 6.07 Å². The van der Waals surface area contributed by atoms with E-state index in [1.54, 1.807) is 0 Å². The van der Waals surface area contributed by atoms with Crippen LogP contribution in [0.15, 0.2) is 59.0 Å². The fourth-order valence-electron chi connectivity index (χ4n) is 3.32. The molecule has 1 amide bonds. The van der Waals surface area contributed by atoms with E-state index in [1.807, 2.05) is 0 Å². The van der Waals surface area contributed by atoms with Gasteiger partial charge in [-0.1, -0.05) is 12.1 Å². The second-order valence-electron chi connectivity index (χ2n) is 6.91. The fraction of sp³-hybridized carbons (Fsp3) is 0.227. The quantitative estimate of drug-likeness (QED) is 0.515. The summed E-state index contributed by atoms with van der Waals surface area (Å²) in [6.07, 6.45) is 5.82. The predicted octanol–water partition coefficient (Wildman–Crippen LogP) is 1.79. The summed E-state index contributed by atoms with van der Waals surface area (Å²) >= 11 is 0. The first-order chi connectivity index (χ1) is 15.3. The lowest BCUT2D eigenvalue weighted by Crippen LogP contribution is -2.32. The van der Waals surface area contributed by atoms with Crippen molar-refractivity contribution in [2.24, 2.45) is 0 Å². The minimum Gasteiger partial charge on any atom is -0.491 e. The van der Waals surface area contributed by atoms with E-state index in [0.29, 0.717) is 6.07 Å². The van der Waals surface area contributed by atoms with Gasteiger partial charge >= 0.3 is 0 Å². The van der Waals surface area contributed by atoms with E-state index in [2.05, 4.69) is 11.9 Å². The number of carbonyl (C=O) groups is 1. The number of pyridine rings is 1. The highest BCUT2D eigenvalue weighted by Crippen LogP contribution is 2.16. The molecule has 0 aliphatic carbocycles. The Balaban J connectivity index is 2.03. The van der Waals surface area contributed by atoms with Gasteiger partial charge in [-0.3, -0.25) is 14.4 Å². The largest absolute Gasteiger partial charge is 0.491 e. The van der Waals surface area contributed by atoms with Gasteiger partial charge in [-0.25, -0.2) is 8.78 Å². The van der Waals surface area contributed by atoms with Crippen LogP contribution in [0.5, 0.6) is 5.75 Å². The molecule has 0 aliphatic heterocycles. The molecule has 0 fully saturated rings. The molecule has 0 saturated carbocycles. The summed E-state index contributed by atoms with van der Waals surface area (Å²) in [5, 5.41) is 11.6. The summed E-state index contributed by atoms with van der Waals surface area (Å²) in [4.78, 5) is 38.5. The van der Waals surface area contributed by atoms with Crippen LogP contribution in [0.2, 0.25) is 0 Å². The molecule has 168 valence electrons. The highest BCUT2D eigenvalue weighted by molar-refractivity contribution is 5.94. The molecule has 1 atom stereocenters. The monoisotopic (exact) mass is 445 g/mol. The van der Waals surface area contributed by atoms with Crippen molar-refractivity contribution in [1.29, 1.82) is 0 Å². The summed E-state index contributed by atoms with van der Waals surface area (Å²) in [7, 11) is 1.20. The third kappa shape index (κ3) is 4.30. The molecule has 3 rings (SSSR count). The zero-order chi connectivity index (χ0) is 23.4. The van der Waals surface area contributed by atoms with Gasteiger partial charge in [0.2, 0.25) is 5.43 Å². The Kier molecular flexibility index (Phi) is 6.84. The number of aliphatic hydroxyl groups is 1. The Morgan fingerprint density at radius 2 is 2.06 bits per heavy atom. The summed E-state index contributed by atoms with van der Waals surface area (Å²) in [5.41, 5.74) is -1.77. The van der Waals surface area contributed by atoms with E-state index in [9.17, 15) is 28.3 Å². The van der Waals surface area contributed by atoms with Crippen molar-refractivity contribution in [3.63, 3.8) is 0 Å². The van der Waals surface area contributed by atoms with Gasteiger partial charge in [-0.2, -0.15) is 0 Å². The van der Waals surface area contributed by atoms with Crippen molar-refractivity contribution < 1.29 is 23.4 Å². The Hall–Kier alpha value is -3.79. The lowest BCUT2D eigenvalue weighted by molar-refractivity contribution is 0.0948. The molecule has 0 saturated heterocycles. The number of rotatable bonds is 8. The maximum atomic E-state index is 13.8. The van der Waals surface area contributed by atoms with Crippen LogP contribution in [0.4, 0.5) is 8.78 Å². The van der Waals surface area contributed by atoms with Gasteiger partial charge in [0.15, 0.2) is 11.3 Å². The summed E-state index contributed by atoms with van der Waals surface area (Å²) < 4.78 is 34.6. The normalized spacial score (nSPS) is 11.9. The zero-order valence-corrected chi connectivity index (χ0v) is 17.2. The Morgan fingerprint density at radius 3 is 2.69 bits per heavy atom. The van der Waals surface area contributed by atoms with Gasteiger partial charge in [0.1, 0.15) is 17.2 Å². The molecule has 2 N–H and O–H groups in total. The van der Waals surface area contributed by atoms with Crippen molar-refractivity contribution in [2.45, 2.75) is 19.0 Å². The van der Waals surface area contributed by atoms with Crippen LogP contribution in [-0.2, 0) is 6.54 Å². The second kappa shape index (κ2) is 9.56. The van der Waals surface area contributed by atoms with E-state index < -0.39 is 34.6 Å². The van der Waals surface area contributed by atoms with Gasteiger partial charge in [-0.05, 0) is 12.5 Å². The minimum atomic E-state index is -0.835. The molecular weight excluding hydrogens is 424 g/mol. The molecule has 8 nitrogen and oxygen atoms in total. The fourth-order valence-corrected chi connectivity index (χ4v) is 3.32. The molecule has 2 heterocycles. The number of methoxy groups -OCH3 is 1. The van der Waals surface area contributed by atoms with Crippen molar-refractivity contribution in [3.05, 3.63) is 92.8 Å². The van der Waals surface area contributed by atoms with Crippen LogP contribution in [0.3, 0.4) is 0 Å². The smallest absolute Gasteiger partial charge is 0.279 e. The standard InChI is InChI=1S/C22H21F2N3O5/c1-3-15(6-9-28)27-8-7-26-12-16(19(29)20(32-2)18(26)22(27)31)21(30)25-11-13-4-5-14(23)10-17(13)24/h3-5,7-8,10,12,15,28H,1,6,9,11H2,2H3,(H,25,30)/t15-/m1/s1. The van der Waals surface area contributed by atoms with Crippen molar-refractivity contribution in [1.82, 2.24) is 14.3 Å². The molecule has 0 spiro atoms. The molecule has 0 radical (unpaired) electrons. The van der Waals surface area contributed by atoms with Gasteiger partial charge in [0.05, 0.1) is 13.2 Å². The van der Waals surface area contributed by atoms with Crippen LogP contribution < -0.4 is 21.0 Å². The van der Waals surface area contributed by atoms with E-state index >= 15 is 0 Å². The van der Waals surface area contributed by atoms with Crippen LogP contribution in [0.1, 0.15) is 28.4 Å². The first-order valence-electron chi connectivity index (χ1n) is 9.62. The Labute approximate surface area is 181 Å². The summed E-state index contributed by atoms with van der Waals surface area (Å²) in [5.74, 6) is -2.74. The minimum absolute atomic E-state index is 0.0369. The SMILES string of the molecule is C=C[C@H](CCO)n1ccn2cc(C(=O)NCc3ccc(F)cc3F)c(=O)c(OC)c2c1=O. The van der Waals surface area contributed by atoms with Crippen LogP contribution in [-0.4, -0.2) is 33.7 Å². The van der Waals surface area contributed by atoms with Crippen molar-refractivity contribution in [2.75, 3.05) is 13.7 Å². The summed E-state index contributed by atoms with van der Waals surface area (Å²) in [6.45, 7) is 3.21. The lowest BCUT2D eigenvalue weighted by Gasteiger charge is -2.17. The Bertz CT molecular complexity index is 1300. The topological polar surface area (TPSA) is 102 Å². The van der Waals surface area contributed by atoms with Crippen LogP contribution in [0, 0.1) is 11.6 Å². The van der Waals surface area contributed by atoms with Gasteiger partial charge in [-0.15, -0.1) is 6.58 Å². The molecular formula is C22H21F2N3O5. The molecule has 1 aromatic carbocycles. The maximum Gasteiger partial charge on any atom is 0.279 e. The highest BCUT2D eigenvalue weighted by atomic mass is 19.1. The molecule has 0 aliphatic rings. The van der Waals surface area contributed by atoms with Gasteiger partial charge < -0.3 is 24.1 Å².